The van der Waals surface area contributed by atoms with Gasteiger partial charge in [-0.2, -0.15) is 0 Å². The van der Waals surface area contributed by atoms with Gasteiger partial charge in [-0.15, -0.1) is 0 Å². The van der Waals surface area contributed by atoms with Crippen LogP contribution in [-0.2, 0) is 4.74 Å². The summed E-state index contributed by atoms with van der Waals surface area (Å²) in [5.41, 5.74) is 1.54. The molecule has 1 saturated carbocycles. The molecule has 3 atom stereocenters. The number of ether oxygens (including phenoxy) is 1. The van der Waals surface area contributed by atoms with E-state index < -0.39 is 0 Å². The van der Waals surface area contributed by atoms with Crippen LogP contribution in [0, 0.1) is 11.8 Å². The minimum atomic E-state index is 0.470. The van der Waals surface area contributed by atoms with Crippen LogP contribution in [0.25, 0.3) is 0 Å². The van der Waals surface area contributed by atoms with Gasteiger partial charge in [0.2, 0.25) is 0 Å². The van der Waals surface area contributed by atoms with Gasteiger partial charge in [0.05, 0.1) is 6.10 Å². The maximum absolute atomic E-state index is 6.14. The zero-order valence-electron chi connectivity index (χ0n) is 12.1. The van der Waals surface area contributed by atoms with Crippen LogP contribution in [0.3, 0.4) is 0 Å². The molecule has 2 heteroatoms. The highest BCUT2D eigenvalue weighted by molar-refractivity contribution is 14.1. The molecule has 0 spiro atoms. The lowest BCUT2D eigenvalue weighted by atomic mass is 9.68. The van der Waals surface area contributed by atoms with Crippen molar-refractivity contribution in [3.63, 3.8) is 0 Å². The molecule has 1 aliphatic carbocycles. The Morgan fingerprint density at radius 1 is 1.00 bits per heavy atom. The van der Waals surface area contributed by atoms with Crippen molar-refractivity contribution in [1.82, 2.24) is 0 Å². The molecule has 1 heterocycles. The first-order valence-corrected chi connectivity index (χ1v) is 9.65. The summed E-state index contributed by atoms with van der Waals surface area (Å²) in [5, 5.41) is 0. The lowest BCUT2D eigenvalue weighted by Crippen LogP contribution is -2.41. The highest BCUT2D eigenvalue weighted by atomic mass is 127. The summed E-state index contributed by atoms with van der Waals surface area (Å²) in [4.78, 5) is 0. The maximum atomic E-state index is 6.14. The number of hydrogen-bond donors (Lipinski definition) is 0. The molecular weight excluding hydrogens is 359 g/mol. The van der Waals surface area contributed by atoms with Crippen LogP contribution in [0.15, 0.2) is 30.3 Å². The second kappa shape index (κ2) is 7.26. The Labute approximate surface area is 136 Å². The van der Waals surface area contributed by atoms with E-state index in [1.54, 1.807) is 5.56 Å². The largest absolute Gasteiger partial charge is 0.377 e. The van der Waals surface area contributed by atoms with E-state index in [0.717, 1.165) is 22.9 Å². The quantitative estimate of drug-likeness (QED) is 0.515. The van der Waals surface area contributed by atoms with Crippen molar-refractivity contribution < 1.29 is 4.74 Å². The third kappa shape index (κ3) is 3.22. The second-order valence-electron chi connectivity index (χ2n) is 6.34. The fourth-order valence-corrected chi connectivity index (χ4v) is 5.14. The summed E-state index contributed by atoms with van der Waals surface area (Å²) in [7, 11) is 0. The molecule has 0 amide bonds. The van der Waals surface area contributed by atoms with E-state index in [1.165, 1.54) is 38.5 Å². The van der Waals surface area contributed by atoms with Gasteiger partial charge in [-0.1, -0.05) is 85.0 Å². The third-order valence-electron chi connectivity index (χ3n) is 5.23. The second-order valence-corrected chi connectivity index (χ2v) is 7.23. The van der Waals surface area contributed by atoms with Crippen LogP contribution in [0.4, 0.5) is 0 Å². The average molecular weight is 384 g/mol. The number of alkyl halides is 1. The van der Waals surface area contributed by atoms with Gasteiger partial charge in [0.1, 0.15) is 0 Å². The van der Waals surface area contributed by atoms with E-state index in [2.05, 4.69) is 52.9 Å². The fourth-order valence-electron chi connectivity index (χ4n) is 4.30. The summed E-state index contributed by atoms with van der Waals surface area (Å²) in [6, 6.07) is 11.2. The zero-order chi connectivity index (χ0) is 13.8. The Morgan fingerprint density at radius 2 is 1.75 bits per heavy atom. The van der Waals surface area contributed by atoms with Gasteiger partial charge in [-0.05, 0) is 29.7 Å². The molecule has 0 unspecified atom stereocenters. The van der Waals surface area contributed by atoms with Gasteiger partial charge in [-0.25, -0.2) is 0 Å². The summed E-state index contributed by atoms with van der Waals surface area (Å²) in [5.74, 6) is 2.34. The van der Waals surface area contributed by atoms with Crippen LogP contribution in [0.2, 0.25) is 0 Å². The highest BCUT2D eigenvalue weighted by Gasteiger charge is 2.39. The van der Waals surface area contributed by atoms with Crippen molar-refractivity contribution in [2.75, 3.05) is 11.0 Å². The molecule has 1 saturated heterocycles. The van der Waals surface area contributed by atoms with Crippen LogP contribution < -0.4 is 0 Å². The standard InChI is InChI=1S/C18H25IO/c19-13-17-18(15-9-5-2-6-10-15)16(11-12-20-17)14-7-3-1-4-8-14/h1,3-4,7-8,15-18H,2,5-6,9-13H2/t16-,17+,18-/m0/s1. The van der Waals surface area contributed by atoms with Crippen molar-refractivity contribution in [3.8, 4) is 0 Å². The predicted octanol–water partition coefficient (Wildman–Crippen LogP) is 5.19. The third-order valence-corrected chi connectivity index (χ3v) is 6.10. The molecule has 1 aromatic carbocycles. The Bertz CT molecular complexity index is 399. The van der Waals surface area contributed by atoms with Gasteiger partial charge < -0.3 is 4.74 Å². The molecule has 1 nitrogen and oxygen atoms in total. The zero-order valence-corrected chi connectivity index (χ0v) is 14.3. The van der Waals surface area contributed by atoms with Crippen molar-refractivity contribution in [2.24, 2.45) is 11.8 Å². The Morgan fingerprint density at radius 3 is 2.45 bits per heavy atom. The number of hydrogen-bond acceptors (Lipinski definition) is 1. The monoisotopic (exact) mass is 384 g/mol. The minimum absolute atomic E-state index is 0.470. The van der Waals surface area contributed by atoms with Crippen LogP contribution >= 0.6 is 22.6 Å². The molecule has 110 valence electrons. The Kier molecular flexibility index (Phi) is 5.38. The SMILES string of the molecule is IC[C@H]1OCC[C@@H](c2ccccc2)[C@@H]1C1CCCCC1. The van der Waals surface area contributed by atoms with Crippen molar-refractivity contribution >= 4 is 22.6 Å². The minimum Gasteiger partial charge on any atom is -0.377 e. The molecule has 1 aromatic rings. The van der Waals surface area contributed by atoms with Gasteiger partial charge in [0.25, 0.3) is 0 Å². The van der Waals surface area contributed by atoms with E-state index in [0.29, 0.717) is 12.0 Å². The molecule has 2 fully saturated rings. The molecule has 0 bridgehead atoms. The molecule has 0 radical (unpaired) electrons. The summed E-state index contributed by atoms with van der Waals surface area (Å²) >= 11 is 2.52. The number of benzene rings is 1. The molecule has 3 rings (SSSR count). The first kappa shape index (κ1) is 14.8. The summed E-state index contributed by atoms with van der Waals surface area (Å²) in [6.07, 6.45) is 8.81. The van der Waals surface area contributed by atoms with Crippen LogP contribution in [-0.4, -0.2) is 17.1 Å². The van der Waals surface area contributed by atoms with Gasteiger partial charge >= 0.3 is 0 Å². The predicted molar refractivity (Wildman–Crippen MR) is 92.5 cm³/mol. The van der Waals surface area contributed by atoms with E-state index in [1.807, 2.05) is 0 Å². The topological polar surface area (TPSA) is 9.23 Å². The van der Waals surface area contributed by atoms with E-state index >= 15 is 0 Å². The molecule has 0 aromatic heterocycles. The Hall–Kier alpha value is -0.0900. The van der Waals surface area contributed by atoms with E-state index in [-0.39, 0.29) is 0 Å². The fraction of sp³-hybridized carbons (Fsp3) is 0.667. The summed E-state index contributed by atoms with van der Waals surface area (Å²) in [6.45, 7) is 0.941. The number of rotatable bonds is 3. The van der Waals surface area contributed by atoms with Crippen molar-refractivity contribution in [2.45, 2.75) is 50.5 Å². The first-order chi connectivity index (χ1) is 9.90. The van der Waals surface area contributed by atoms with Gasteiger partial charge in [0, 0.05) is 11.0 Å². The van der Waals surface area contributed by atoms with Gasteiger partial charge in [0.15, 0.2) is 0 Å². The lowest BCUT2D eigenvalue weighted by molar-refractivity contribution is -0.0498. The maximum Gasteiger partial charge on any atom is 0.0701 e. The Balaban J connectivity index is 1.85. The smallest absolute Gasteiger partial charge is 0.0701 e. The molecule has 1 aliphatic heterocycles. The highest BCUT2D eigenvalue weighted by Crippen LogP contribution is 2.45. The van der Waals surface area contributed by atoms with Crippen molar-refractivity contribution in [3.05, 3.63) is 35.9 Å². The summed E-state index contributed by atoms with van der Waals surface area (Å²) < 4.78 is 7.28. The average Bonchev–Trinajstić information content (AvgIpc) is 2.55. The van der Waals surface area contributed by atoms with Gasteiger partial charge in [-0.3, -0.25) is 0 Å². The number of halogens is 1. The first-order valence-electron chi connectivity index (χ1n) is 8.12. The molecule has 0 N–H and O–H groups in total. The van der Waals surface area contributed by atoms with Crippen LogP contribution in [0.1, 0.15) is 50.0 Å². The van der Waals surface area contributed by atoms with E-state index in [4.69, 9.17) is 4.74 Å². The molecule has 2 aliphatic rings. The lowest BCUT2D eigenvalue weighted by Gasteiger charge is -2.43. The molecular formula is C18H25IO. The molecule has 20 heavy (non-hydrogen) atoms. The van der Waals surface area contributed by atoms with E-state index in [9.17, 15) is 0 Å². The van der Waals surface area contributed by atoms with Crippen LogP contribution in [0.5, 0.6) is 0 Å². The van der Waals surface area contributed by atoms with Crippen molar-refractivity contribution in [1.29, 1.82) is 0 Å². The normalized spacial score (nSPS) is 32.1.